The van der Waals surface area contributed by atoms with Crippen LogP contribution >= 0.6 is 15.9 Å². The maximum Gasteiger partial charge on any atom is 0.167 e. The molecular weight excluding hydrogens is 270 g/mol. The fourth-order valence-electron chi connectivity index (χ4n) is 1.42. The highest BCUT2D eigenvalue weighted by Gasteiger charge is 2.06. The molecule has 0 aliphatic rings. The quantitative estimate of drug-likeness (QED) is 0.806. The van der Waals surface area contributed by atoms with Gasteiger partial charge in [0.25, 0.3) is 0 Å². The predicted molar refractivity (Wildman–Crippen MR) is 65.3 cm³/mol. The third kappa shape index (κ3) is 2.51. The lowest BCUT2D eigenvalue weighted by Crippen LogP contribution is -1.85. The molecule has 0 aliphatic heterocycles. The molecule has 16 heavy (non-hydrogen) atoms. The molecular formula is C12H12BrNO2. The molecule has 0 fully saturated rings. The van der Waals surface area contributed by atoms with Crippen LogP contribution in [0.15, 0.2) is 34.9 Å². The monoisotopic (exact) mass is 281 g/mol. The van der Waals surface area contributed by atoms with Crippen LogP contribution in [0.1, 0.15) is 11.3 Å². The van der Waals surface area contributed by atoms with Crippen LogP contribution in [0.2, 0.25) is 0 Å². The predicted octanol–water partition coefficient (Wildman–Crippen LogP) is 3.38. The van der Waals surface area contributed by atoms with Crippen molar-refractivity contribution in [1.82, 2.24) is 5.16 Å². The van der Waals surface area contributed by atoms with Gasteiger partial charge in [0.2, 0.25) is 0 Å². The van der Waals surface area contributed by atoms with Gasteiger partial charge >= 0.3 is 0 Å². The second-order valence-electron chi connectivity index (χ2n) is 3.45. The van der Waals surface area contributed by atoms with Gasteiger partial charge in [0, 0.05) is 24.1 Å². The third-order valence-corrected chi connectivity index (χ3v) is 2.89. The molecule has 0 unspecified atom stereocenters. The summed E-state index contributed by atoms with van der Waals surface area (Å²) in [5.74, 6) is 0.771. The number of halogens is 1. The van der Waals surface area contributed by atoms with Gasteiger partial charge in [-0.05, 0) is 5.56 Å². The molecule has 0 radical (unpaired) electrons. The molecule has 0 spiro atoms. The minimum atomic E-state index is 0.475. The Labute approximate surface area is 103 Å². The molecule has 0 aliphatic carbocycles. The number of aromatic nitrogens is 1. The van der Waals surface area contributed by atoms with Crippen molar-refractivity contribution in [2.24, 2.45) is 0 Å². The molecule has 1 aromatic carbocycles. The largest absolute Gasteiger partial charge is 0.378 e. The molecule has 84 valence electrons. The average molecular weight is 282 g/mol. The van der Waals surface area contributed by atoms with Crippen LogP contribution in [0.4, 0.5) is 0 Å². The summed E-state index contributed by atoms with van der Waals surface area (Å²) < 4.78 is 10.2. The van der Waals surface area contributed by atoms with Crippen molar-refractivity contribution in [1.29, 1.82) is 0 Å². The van der Waals surface area contributed by atoms with Gasteiger partial charge in [-0.15, -0.1) is 0 Å². The van der Waals surface area contributed by atoms with Gasteiger partial charge in [-0.1, -0.05) is 45.4 Å². The summed E-state index contributed by atoms with van der Waals surface area (Å²) in [5.41, 5.74) is 3.07. The van der Waals surface area contributed by atoms with E-state index in [4.69, 9.17) is 9.26 Å². The van der Waals surface area contributed by atoms with E-state index in [9.17, 15) is 0 Å². The van der Waals surface area contributed by atoms with E-state index >= 15 is 0 Å². The highest BCUT2D eigenvalue weighted by molar-refractivity contribution is 9.08. The molecule has 0 saturated heterocycles. The first-order valence-electron chi connectivity index (χ1n) is 4.93. The van der Waals surface area contributed by atoms with Crippen LogP contribution in [0.5, 0.6) is 0 Å². The maximum atomic E-state index is 5.24. The standard InChI is InChI=1S/C12H12BrNO2/c1-15-8-11-6-12(16-14-11)10-4-2-9(7-13)3-5-10/h2-6H,7-8H2,1H3. The normalized spacial score (nSPS) is 10.6. The van der Waals surface area contributed by atoms with Crippen LogP contribution < -0.4 is 0 Å². The van der Waals surface area contributed by atoms with Gasteiger partial charge in [0.05, 0.1) is 6.61 Å². The highest BCUT2D eigenvalue weighted by Crippen LogP contribution is 2.21. The summed E-state index contributed by atoms with van der Waals surface area (Å²) in [6, 6.07) is 10.1. The van der Waals surface area contributed by atoms with E-state index in [-0.39, 0.29) is 0 Å². The van der Waals surface area contributed by atoms with Crippen molar-refractivity contribution >= 4 is 15.9 Å². The second-order valence-corrected chi connectivity index (χ2v) is 4.01. The number of rotatable bonds is 4. The lowest BCUT2D eigenvalue weighted by atomic mass is 10.1. The zero-order valence-electron chi connectivity index (χ0n) is 8.94. The van der Waals surface area contributed by atoms with E-state index in [0.717, 1.165) is 22.3 Å². The summed E-state index contributed by atoms with van der Waals surface area (Å²) in [5, 5.41) is 4.78. The highest BCUT2D eigenvalue weighted by atomic mass is 79.9. The summed E-state index contributed by atoms with van der Waals surface area (Å²) in [6.07, 6.45) is 0. The lowest BCUT2D eigenvalue weighted by molar-refractivity contribution is 0.177. The van der Waals surface area contributed by atoms with Crippen molar-refractivity contribution in [2.45, 2.75) is 11.9 Å². The lowest BCUT2D eigenvalue weighted by Gasteiger charge is -1.97. The SMILES string of the molecule is COCc1cc(-c2ccc(CBr)cc2)on1. The zero-order valence-corrected chi connectivity index (χ0v) is 10.5. The molecule has 2 rings (SSSR count). The number of nitrogens with zero attached hydrogens (tertiary/aromatic N) is 1. The number of hydrogen-bond donors (Lipinski definition) is 0. The van der Waals surface area contributed by atoms with Gasteiger partial charge in [-0.25, -0.2) is 0 Å². The van der Waals surface area contributed by atoms with Crippen LogP contribution in [0.25, 0.3) is 11.3 Å². The Hall–Kier alpha value is -1.13. The van der Waals surface area contributed by atoms with Gasteiger partial charge in [0.1, 0.15) is 5.69 Å². The van der Waals surface area contributed by atoms with Gasteiger partial charge < -0.3 is 9.26 Å². The van der Waals surface area contributed by atoms with Gasteiger partial charge in [0.15, 0.2) is 5.76 Å². The van der Waals surface area contributed by atoms with E-state index in [1.165, 1.54) is 5.56 Å². The fraction of sp³-hybridized carbons (Fsp3) is 0.250. The molecule has 0 bridgehead atoms. The number of ether oxygens (including phenoxy) is 1. The first-order chi connectivity index (χ1) is 7.83. The number of alkyl halides is 1. The number of methoxy groups -OCH3 is 1. The Kier molecular flexibility index (Phi) is 3.74. The van der Waals surface area contributed by atoms with Crippen LogP contribution in [0.3, 0.4) is 0 Å². The van der Waals surface area contributed by atoms with E-state index in [1.54, 1.807) is 7.11 Å². The molecule has 0 atom stereocenters. The first-order valence-corrected chi connectivity index (χ1v) is 6.05. The van der Waals surface area contributed by atoms with E-state index < -0.39 is 0 Å². The maximum absolute atomic E-state index is 5.24. The molecule has 0 saturated carbocycles. The summed E-state index contributed by atoms with van der Waals surface area (Å²) in [6.45, 7) is 0.475. The molecule has 0 amide bonds. The Morgan fingerprint density at radius 3 is 2.69 bits per heavy atom. The number of hydrogen-bond acceptors (Lipinski definition) is 3. The Balaban J connectivity index is 2.21. The molecule has 1 heterocycles. The van der Waals surface area contributed by atoms with Crippen molar-refractivity contribution in [3.8, 4) is 11.3 Å². The number of benzene rings is 1. The van der Waals surface area contributed by atoms with E-state index in [1.807, 2.05) is 18.2 Å². The zero-order chi connectivity index (χ0) is 11.4. The first kappa shape index (κ1) is 11.4. The van der Waals surface area contributed by atoms with Crippen molar-refractivity contribution in [2.75, 3.05) is 7.11 Å². The average Bonchev–Trinajstić information content (AvgIpc) is 2.78. The van der Waals surface area contributed by atoms with Crippen LogP contribution in [0, 0.1) is 0 Å². The minimum absolute atomic E-state index is 0.475. The summed E-state index contributed by atoms with van der Waals surface area (Å²) >= 11 is 3.41. The smallest absolute Gasteiger partial charge is 0.167 e. The van der Waals surface area contributed by atoms with Gasteiger partial charge in [-0.3, -0.25) is 0 Å². The second kappa shape index (κ2) is 5.27. The molecule has 1 aromatic heterocycles. The van der Waals surface area contributed by atoms with Gasteiger partial charge in [-0.2, -0.15) is 0 Å². The summed E-state index contributed by atoms with van der Waals surface area (Å²) in [7, 11) is 1.64. The van der Waals surface area contributed by atoms with Crippen molar-refractivity contribution < 1.29 is 9.26 Å². The Bertz CT molecular complexity index is 450. The van der Waals surface area contributed by atoms with Crippen molar-refractivity contribution in [3.63, 3.8) is 0 Å². The van der Waals surface area contributed by atoms with E-state index in [2.05, 4.69) is 33.2 Å². The molecule has 4 heteroatoms. The third-order valence-electron chi connectivity index (χ3n) is 2.24. The molecule has 2 aromatic rings. The van der Waals surface area contributed by atoms with Crippen LogP contribution in [-0.2, 0) is 16.7 Å². The summed E-state index contributed by atoms with van der Waals surface area (Å²) in [4.78, 5) is 0. The van der Waals surface area contributed by atoms with Crippen molar-refractivity contribution in [3.05, 3.63) is 41.6 Å². The Morgan fingerprint density at radius 1 is 1.31 bits per heavy atom. The molecule has 3 nitrogen and oxygen atoms in total. The van der Waals surface area contributed by atoms with Crippen LogP contribution in [-0.4, -0.2) is 12.3 Å². The van der Waals surface area contributed by atoms with E-state index in [0.29, 0.717) is 6.61 Å². The molecule has 0 N–H and O–H groups in total. The minimum Gasteiger partial charge on any atom is -0.378 e. The fourth-order valence-corrected chi connectivity index (χ4v) is 1.80. The Morgan fingerprint density at radius 2 is 2.06 bits per heavy atom. The topological polar surface area (TPSA) is 35.3 Å².